The molecule has 148 valence electrons. The molecule has 0 aliphatic heterocycles. The van der Waals surface area contributed by atoms with Crippen molar-refractivity contribution >= 4 is 18.8 Å². The largest absolute Gasteiger partial charge is 0.324 e. The van der Waals surface area contributed by atoms with Crippen LogP contribution in [0.25, 0.3) is 11.3 Å². The van der Waals surface area contributed by atoms with Gasteiger partial charge in [-0.1, -0.05) is 44.2 Å². The fraction of sp³-hybridized carbons (Fsp3) is 0.304. The van der Waals surface area contributed by atoms with Crippen LogP contribution in [0.1, 0.15) is 30.5 Å². The molecule has 0 radical (unpaired) electrons. The van der Waals surface area contributed by atoms with Gasteiger partial charge in [0, 0.05) is 23.6 Å². The minimum atomic E-state index is -2.11. The molecule has 1 N–H and O–H groups in total. The van der Waals surface area contributed by atoms with Crippen molar-refractivity contribution in [2.45, 2.75) is 33.9 Å². The van der Waals surface area contributed by atoms with Crippen LogP contribution in [0.15, 0.2) is 54.7 Å². The Hall–Kier alpha value is -2.45. The van der Waals surface area contributed by atoms with Gasteiger partial charge in [0.05, 0.1) is 12.8 Å². The molecule has 3 aromatic rings. The van der Waals surface area contributed by atoms with Crippen molar-refractivity contribution in [2.75, 3.05) is 18.6 Å². The van der Waals surface area contributed by atoms with Crippen LogP contribution in [-0.4, -0.2) is 23.3 Å². The summed E-state index contributed by atoms with van der Waals surface area (Å²) in [6.07, 6.45) is 2.35. The molecule has 0 spiro atoms. The molecular formula is C23H30N3OP. The van der Waals surface area contributed by atoms with E-state index in [0.29, 0.717) is 12.1 Å². The van der Waals surface area contributed by atoms with Crippen LogP contribution in [0.3, 0.4) is 0 Å². The third kappa shape index (κ3) is 6.31. The van der Waals surface area contributed by atoms with E-state index in [0.717, 1.165) is 28.1 Å². The van der Waals surface area contributed by atoms with Crippen LogP contribution >= 0.6 is 7.14 Å². The summed E-state index contributed by atoms with van der Waals surface area (Å²) in [5, 5.41) is 3.31. The van der Waals surface area contributed by atoms with Crippen molar-refractivity contribution in [1.29, 1.82) is 0 Å². The first kappa shape index (κ1) is 21.8. The van der Waals surface area contributed by atoms with E-state index in [1.165, 1.54) is 5.56 Å². The summed E-state index contributed by atoms with van der Waals surface area (Å²) in [6, 6.07) is 16.2. The van der Waals surface area contributed by atoms with Crippen LogP contribution in [0, 0.1) is 13.8 Å². The Bertz CT molecular complexity index is 979. The molecule has 2 aromatic carbocycles. The second-order valence-corrected chi connectivity index (χ2v) is 10.6. The first-order valence-electron chi connectivity index (χ1n) is 9.61. The topological polar surface area (TPSA) is 54.9 Å². The number of rotatable bonds is 5. The Balaban J connectivity index is 0.00000136. The lowest BCUT2D eigenvalue weighted by atomic mass is 10.1. The minimum Gasteiger partial charge on any atom is -0.324 e. The summed E-state index contributed by atoms with van der Waals surface area (Å²) in [6.45, 7) is 11.8. The lowest BCUT2D eigenvalue weighted by Gasteiger charge is -2.11. The summed E-state index contributed by atoms with van der Waals surface area (Å²) in [7, 11) is -2.11. The third-order valence-electron chi connectivity index (χ3n) is 4.08. The van der Waals surface area contributed by atoms with E-state index in [1.54, 1.807) is 6.20 Å². The molecule has 5 heteroatoms. The van der Waals surface area contributed by atoms with Crippen molar-refractivity contribution in [2.24, 2.45) is 0 Å². The smallest absolute Gasteiger partial charge is 0.227 e. The fourth-order valence-corrected chi connectivity index (χ4v) is 3.92. The van der Waals surface area contributed by atoms with E-state index in [2.05, 4.69) is 53.4 Å². The highest BCUT2D eigenvalue weighted by Gasteiger charge is 2.10. The van der Waals surface area contributed by atoms with Crippen molar-refractivity contribution in [3.8, 4) is 11.3 Å². The molecule has 0 saturated carbocycles. The van der Waals surface area contributed by atoms with E-state index in [1.807, 2.05) is 51.4 Å². The SMILES string of the molecule is CC.Cc1ccc(C)c(Nc2nccc(-c3cccc(CP(C)(C)=O)c3)n2)c1. The lowest BCUT2D eigenvalue weighted by Crippen LogP contribution is -2.00. The van der Waals surface area contributed by atoms with Gasteiger partial charge in [0.1, 0.15) is 0 Å². The molecule has 1 heterocycles. The summed E-state index contributed by atoms with van der Waals surface area (Å²) in [4.78, 5) is 9.00. The van der Waals surface area contributed by atoms with Gasteiger partial charge < -0.3 is 9.88 Å². The van der Waals surface area contributed by atoms with Gasteiger partial charge in [-0.15, -0.1) is 0 Å². The highest BCUT2D eigenvalue weighted by Crippen LogP contribution is 2.40. The monoisotopic (exact) mass is 395 g/mol. The first-order valence-corrected chi connectivity index (χ1v) is 12.4. The van der Waals surface area contributed by atoms with E-state index < -0.39 is 7.14 Å². The van der Waals surface area contributed by atoms with Crippen molar-refractivity contribution in [1.82, 2.24) is 9.97 Å². The van der Waals surface area contributed by atoms with Gasteiger partial charge >= 0.3 is 0 Å². The highest BCUT2D eigenvalue weighted by molar-refractivity contribution is 7.61. The molecular weight excluding hydrogens is 365 g/mol. The summed E-state index contributed by atoms with van der Waals surface area (Å²) < 4.78 is 12.1. The van der Waals surface area contributed by atoms with Gasteiger partial charge in [-0.2, -0.15) is 0 Å². The molecule has 0 bridgehead atoms. The predicted octanol–water partition coefficient (Wildman–Crippen LogP) is 6.65. The number of nitrogens with one attached hydrogen (secondary N) is 1. The van der Waals surface area contributed by atoms with Crippen molar-refractivity contribution < 1.29 is 4.57 Å². The zero-order chi connectivity index (χ0) is 20.7. The van der Waals surface area contributed by atoms with Gasteiger partial charge in [0.15, 0.2) is 0 Å². The van der Waals surface area contributed by atoms with Gasteiger partial charge in [0.2, 0.25) is 5.95 Å². The Kier molecular flexibility index (Phi) is 7.53. The highest BCUT2D eigenvalue weighted by atomic mass is 31.2. The molecule has 28 heavy (non-hydrogen) atoms. The van der Waals surface area contributed by atoms with Gasteiger partial charge in [0.25, 0.3) is 0 Å². The zero-order valence-electron chi connectivity index (χ0n) is 17.7. The third-order valence-corrected chi connectivity index (χ3v) is 5.21. The van der Waals surface area contributed by atoms with Gasteiger partial charge in [-0.3, -0.25) is 0 Å². The summed E-state index contributed by atoms with van der Waals surface area (Å²) in [5.41, 5.74) is 6.25. The van der Waals surface area contributed by atoms with E-state index >= 15 is 0 Å². The maximum atomic E-state index is 12.1. The maximum absolute atomic E-state index is 12.1. The van der Waals surface area contributed by atoms with E-state index in [9.17, 15) is 4.57 Å². The second kappa shape index (κ2) is 9.66. The second-order valence-electron chi connectivity index (χ2n) is 7.14. The average molecular weight is 395 g/mol. The number of anilines is 2. The average Bonchev–Trinajstić information content (AvgIpc) is 2.65. The zero-order valence-corrected chi connectivity index (χ0v) is 18.5. The molecule has 0 aliphatic rings. The number of benzene rings is 2. The number of hydrogen-bond donors (Lipinski definition) is 1. The fourth-order valence-electron chi connectivity index (χ4n) is 2.84. The predicted molar refractivity (Wildman–Crippen MR) is 121 cm³/mol. The molecule has 0 aliphatic carbocycles. The Morgan fingerprint density at radius 3 is 2.46 bits per heavy atom. The molecule has 0 saturated heterocycles. The number of aryl methyl sites for hydroxylation is 2. The molecule has 0 fully saturated rings. The molecule has 0 amide bonds. The van der Waals surface area contributed by atoms with Crippen LogP contribution in [0.4, 0.5) is 11.6 Å². The van der Waals surface area contributed by atoms with Crippen LogP contribution < -0.4 is 5.32 Å². The van der Waals surface area contributed by atoms with E-state index in [-0.39, 0.29) is 0 Å². The minimum absolute atomic E-state index is 0.568. The molecule has 3 rings (SSSR count). The molecule has 4 nitrogen and oxygen atoms in total. The van der Waals surface area contributed by atoms with Gasteiger partial charge in [-0.25, -0.2) is 9.97 Å². The van der Waals surface area contributed by atoms with Crippen molar-refractivity contribution in [3.05, 3.63) is 71.4 Å². The Morgan fingerprint density at radius 1 is 1.00 bits per heavy atom. The van der Waals surface area contributed by atoms with E-state index in [4.69, 9.17) is 0 Å². The number of aromatic nitrogens is 2. The van der Waals surface area contributed by atoms with Crippen LogP contribution in [0.5, 0.6) is 0 Å². The molecule has 0 atom stereocenters. The Labute approximate surface area is 168 Å². The number of nitrogens with zero attached hydrogens (tertiary/aromatic N) is 2. The quantitative estimate of drug-likeness (QED) is 0.491. The number of hydrogen-bond acceptors (Lipinski definition) is 4. The summed E-state index contributed by atoms with van der Waals surface area (Å²) >= 11 is 0. The van der Waals surface area contributed by atoms with Crippen LogP contribution in [0.2, 0.25) is 0 Å². The lowest BCUT2D eigenvalue weighted by molar-refractivity contribution is 0.582. The summed E-state index contributed by atoms with van der Waals surface area (Å²) in [5.74, 6) is 0.568. The van der Waals surface area contributed by atoms with Crippen molar-refractivity contribution in [3.63, 3.8) is 0 Å². The molecule has 0 unspecified atom stereocenters. The maximum Gasteiger partial charge on any atom is 0.227 e. The standard InChI is InChI=1S/C21H24N3OP.C2H6/c1-15-8-9-16(2)20(12-15)24-21-22-11-10-19(23-21)18-7-5-6-17(13-18)14-26(3,4)25;1-2/h5-13H,14H2,1-4H3,(H,22,23,24);1-2H3. The Morgan fingerprint density at radius 2 is 1.75 bits per heavy atom. The van der Waals surface area contributed by atoms with Crippen LogP contribution in [-0.2, 0) is 10.7 Å². The van der Waals surface area contributed by atoms with Gasteiger partial charge in [-0.05, 0) is 62.1 Å². The first-order chi connectivity index (χ1) is 13.3. The normalized spacial score (nSPS) is 10.8. The molecule has 1 aromatic heterocycles.